The van der Waals surface area contributed by atoms with E-state index in [1.165, 1.54) is 19.3 Å². The molecule has 1 aromatic heterocycles. The summed E-state index contributed by atoms with van der Waals surface area (Å²) in [5.41, 5.74) is 5.27. The number of carbonyl (C=O) groups is 1. The van der Waals surface area contributed by atoms with Crippen LogP contribution in [0.1, 0.15) is 10.4 Å². The van der Waals surface area contributed by atoms with E-state index >= 15 is 0 Å². The Balaban J connectivity index is 2.93. The van der Waals surface area contributed by atoms with Crippen LogP contribution in [0.3, 0.4) is 0 Å². The minimum atomic E-state index is -0.459. The fraction of sp³-hybridized carbons (Fsp3) is 0. The molecule has 1 aromatic rings. The van der Waals surface area contributed by atoms with Gasteiger partial charge in [0.1, 0.15) is 0 Å². The van der Waals surface area contributed by atoms with Gasteiger partial charge in [-0.1, -0.05) is 0 Å². The molecule has 8 heavy (non-hydrogen) atoms. The summed E-state index contributed by atoms with van der Waals surface area (Å²) < 4.78 is 4.57. The van der Waals surface area contributed by atoms with E-state index in [1.807, 2.05) is 0 Å². The van der Waals surface area contributed by atoms with Crippen molar-refractivity contribution in [3.05, 3.63) is 17.8 Å². The first-order valence-corrected chi connectivity index (χ1v) is 2.12. The molecule has 0 aliphatic rings. The first kappa shape index (κ1) is 5.09. The fourth-order valence-corrected chi connectivity index (χ4v) is 0.405. The molecular formula is C4H4BNO2. The Morgan fingerprint density at radius 2 is 2.62 bits per heavy atom. The maximum atomic E-state index is 10.2. The van der Waals surface area contributed by atoms with E-state index in [-0.39, 0.29) is 0 Å². The van der Waals surface area contributed by atoms with Gasteiger partial charge in [0.2, 0.25) is 0 Å². The van der Waals surface area contributed by atoms with Crippen molar-refractivity contribution in [2.24, 2.45) is 5.73 Å². The predicted molar refractivity (Wildman–Crippen MR) is 28.6 cm³/mol. The Bertz CT molecular complexity index is 182. The summed E-state index contributed by atoms with van der Waals surface area (Å²) in [6.07, 6.45) is 1.31. The van der Waals surface area contributed by atoms with Crippen molar-refractivity contribution < 1.29 is 9.13 Å². The minimum absolute atomic E-state index is 0.407. The van der Waals surface area contributed by atoms with Gasteiger partial charge in [-0.15, -0.1) is 0 Å². The molecule has 0 bridgehead atoms. The van der Waals surface area contributed by atoms with E-state index in [1.54, 1.807) is 0 Å². The monoisotopic (exact) mass is 109 g/mol. The van der Waals surface area contributed by atoms with Gasteiger partial charge in [0.25, 0.3) is 0 Å². The summed E-state index contributed by atoms with van der Waals surface area (Å²) in [6.45, 7) is 0. The molecule has 0 saturated heterocycles. The predicted octanol–water partition coefficient (Wildman–Crippen LogP) is -0.283. The van der Waals surface area contributed by atoms with Crippen LogP contribution in [0.15, 0.2) is 16.6 Å². The number of carbonyl (C=O) groups excluding carboxylic acids is 1. The average molecular weight is 109 g/mol. The van der Waals surface area contributed by atoms with Crippen LogP contribution in [-0.4, -0.2) is 13.0 Å². The Morgan fingerprint density at radius 1 is 1.88 bits per heavy atom. The van der Waals surface area contributed by atoms with Crippen LogP contribution < -0.4 is 5.73 Å². The average Bonchev–Trinajstić information content (AvgIpc) is 2.12. The Labute approximate surface area is 46.7 Å². The summed E-state index contributed by atoms with van der Waals surface area (Å²) >= 11 is 0. The zero-order valence-corrected chi connectivity index (χ0v) is 4.13. The van der Waals surface area contributed by atoms with Crippen LogP contribution in [0.4, 0.5) is 0 Å². The molecule has 0 aromatic carbocycles. The molecule has 0 aliphatic heterocycles. The topological polar surface area (TPSA) is 56.2 Å². The Hall–Kier alpha value is -1.06. The van der Waals surface area contributed by atoms with E-state index in [9.17, 15) is 4.79 Å². The maximum absolute atomic E-state index is 10.2. The van der Waals surface area contributed by atoms with Crippen LogP contribution in [0.25, 0.3) is 0 Å². The van der Waals surface area contributed by atoms with Gasteiger partial charge in [0.15, 0.2) is 0 Å². The van der Waals surface area contributed by atoms with Gasteiger partial charge < -0.3 is 0 Å². The molecule has 0 unspecified atom stereocenters. The third-order valence-electron chi connectivity index (χ3n) is 0.806. The molecule has 0 spiro atoms. The quantitative estimate of drug-likeness (QED) is 0.538. The van der Waals surface area contributed by atoms with Gasteiger partial charge in [-0.05, 0) is 0 Å². The normalized spacial score (nSPS) is 8.50. The van der Waals surface area contributed by atoms with Gasteiger partial charge in [0.05, 0.1) is 0 Å². The first-order valence-electron chi connectivity index (χ1n) is 2.12. The molecule has 0 fully saturated rings. The zero-order chi connectivity index (χ0) is 5.98. The summed E-state index contributed by atoms with van der Waals surface area (Å²) in [4.78, 5) is 10.2. The van der Waals surface area contributed by atoms with Gasteiger partial charge in [0, 0.05) is 0 Å². The number of hydrogen-bond donors (Lipinski definition) is 1. The van der Waals surface area contributed by atoms with Crippen molar-refractivity contribution in [1.29, 1.82) is 0 Å². The molecule has 1 heterocycles. The van der Waals surface area contributed by atoms with Gasteiger partial charge >= 0.3 is 45.7 Å². The summed E-state index contributed by atoms with van der Waals surface area (Å²) in [6, 6.07) is 0. The molecule has 1 amide bonds. The van der Waals surface area contributed by atoms with Gasteiger partial charge in [-0.2, -0.15) is 0 Å². The number of primary amides is 1. The molecule has 0 atom stereocenters. The van der Waals surface area contributed by atoms with Crippen molar-refractivity contribution >= 4 is 13.0 Å². The molecular weight excluding hydrogens is 105 g/mol. The fourth-order valence-electron chi connectivity index (χ4n) is 0.405. The molecule has 40 valence electrons. The van der Waals surface area contributed by atoms with Crippen LogP contribution in [0.2, 0.25) is 0 Å². The van der Waals surface area contributed by atoms with Crippen molar-refractivity contribution in [3.8, 4) is 0 Å². The Morgan fingerprint density at radius 3 is 2.88 bits per heavy atom. The molecule has 0 aliphatic carbocycles. The van der Waals surface area contributed by atoms with Crippen molar-refractivity contribution in [2.45, 2.75) is 0 Å². The second-order valence-electron chi connectivity index (χ2n) is 1.38. The van der Waals surface area contributed by atoms with E-state index in [0.29, 0.717) is 5.56 Å². The molecule has 2 N–H and O–H groups in total. The number of amides is 1. The van der Waals surface area contributed by atoms with E-state index in [0.717, 1.165) is 0 Å². The van der Waals surface area contributed by atoms with Crippen molar-refractivity contribution in [1.82, 2.24) is 0 Å². The van der Waals surface area contributed by atoms with Crippen LogP contribution >= 0.6 is 0 Å². The van der Waals surface area contributed by atoms with Crippen molar-refractivity contribution in [2.75, 3.05) is 0 Å². The third-order valence-corrected chi connectivity index (χ3v) is 0.806. The second-order valence-corrected chi connectivity index (χ2v) is 1.38. The van der Waals surface area contributed by atoms with Crippen LogP contribution in [-0.2, 0) is 0 Å². The molecule has 1 rings (SSSR count). The van der Waals surface area contributed by atoms with Gasteiger partial charge in [-0.3, -0.25) is 0 Å². The summed E-state index contributed by atoms with van der Waals surface area (Å²) in [7, 11) is 1.40. The van der Waals surface area contributed by atoms with Crippen molar-refractivity contribution in [3.63, 3.8) is 0 Å². The van der Waals surface area contributed by atoms with E-state index in [2.05, 4.69) is 4.33 Å². The standard InChI is InChI=1S/C4H4BNO2/c6-4(7)3-1-5-8-2-3/h1-2H,(H2,6,7). The third kappa shape index (κ3) is 0.778. The summed E-state index contributed by atoms with van der Waals surface area (Å²) in [5.74, 6) is 1.06. The van der Waals surface area contributed by atoms with Crippen LogP contribution in [0.5, 0.6) is 0 Å². The number of hydrogen-bond acceptors (Lipinski definition) is 2. The number of rotatable bonds is 1. The molecule has 0 radical (unpaired) electrons. The van der Waals surface area contributed by atoms with E-state index < -0.39 is 5.91 Å². The number of nitrogens with two attached hydrogens (primary N) is 1. The van der Waals surface area contributed by atoms with E-state index in [4.69, 9.17) is 5.73 Å². The zero-order valence-electron chi connectivity index (χ0n) is 4.13. The summed E-state index contributed by atoms with van der Waals surface area (Å²) in [5, 5.41) is 0. The second kappa shape index (κ2) is 1.82. The SMILES string of the molecule is NC(=O)c1cboc1. The molecule has 4 heteroatoms. The van der Waals surface area contributed by atoms with Crippen LogP contribution in [0, 0.1) is 0 Å². The van der Waals surface area contributed by atoms with Gasteiger partial charge in [-0.25, -0.2) is 0 Å². The molecule has 0 saturated carbocycles. The molecule has 3 nitrogen and oxygen atoms in total. The Kier molecular flexibility index (Phi) is 1.16. The first-order chi connectivity index (χ1) is 3.80.